The van der Waals surface area contributed by atoms with E-state index in [1.807, 2.05) is 41.0 Å². The van der Waals surface area contributed by atoms with E-state index in [0.717, 1.165) is 22.6 Å². The fraction of sp³-hybridized carbons (Fsp3) is 0.133. The van der Waals surface area contributed by atoms with Crippen LogP contribution in [-0.4, -0.2) is 26.9 Å². The number of H-pyrrole nitrogens is 1. The van der Waals surface area contributed by atoms with E-state index < -0.39 is 0 Å². The molecule has 0 aliphatic rings. The van der Waals surface area contributed by atoms with Crippen molar-refractivity contribution in [2.24, 2.45) is 0 Å². The highest BCUT2D eigenvalue weighted by Crippen LogP contribution is 2.21. The summed E-state index contributed by atoms with van der Waals surface area (Å²) in [6.45, 7) is 0.557. The van der Waals surface area contributed by atoms with Crippen LogP contribution in [0.15, 0.2) is 48.8 Å². The van der Waals surface area contributed by atoms with E-state index in [1.165, 1.54) is 0 Å². The Balaban J connectivity index is 2.13. The number of ether oxygens (including phenoxy) is 1. The average Bonchev–Trinajstić information content (AvgIpc) is 2.90. The molecular weight excluding hydrogens is 284 g/mol. The van der Waals surface area contributed by atoms with Gasteiger partial charge in [-0.15, -0.1) is 0 Å². The van der Waals surface area contributed by atoms with Gasteiger partial charge in [0, 0.05) is 25.1 Å². The van der Waals surface area contributed by atoms with Crippen LogP contribution in [0.25, 0.3) is 17.1 Å². The lowest BCUT2D eigenvalue weighted by atomic mass is 10.2. The van der Waals surface area contributed by atoms with Crippen molar-refractivity contribution in [3.05, 3.63) is 59.1 Å². The summed E-state index contributed by atoms with van der Waals surface area (Å²) in [7, 11) is 1.68. The van der Waals surface area contributed by atoms with E-state index in [9.17, 15) is 0 Å². The molecule has 0 aliphatic carbocycles. The molecule has 0 fully saturated rings. The van der Waals surface area contributed by atoms with Crippen molar-refractivity contribution in [2.75, 3.05) is 7.11 Å². The van der Waals surface area contributed by atoms with Gasteiger partial charge < -0.3 is 4.74 Å². The van der Waals surface area contributed by atoms with Gasteiger partial charge in [0.1, 0.15) is 0 Å². The molecule has 0 bridgehead atoms. The van der Waals surface area contributed by atoms with Gasteiger partial charge in [-0.25, -0.2) is 0 Å². The standard InChI is InChI=1S/C15H14N4OS/c1-20-10-11-4-2-6-13(8-11)19-14(17-18-15(19)21)12-5-3-7-16-9-12/h2-9H,10H2,1H3,(H,18,21). The number of nitrogens with zero attached hydrogens (tertiary/aromatic N) is 3. The Morgan fingerprint density at radius 3 is 2.95 bits per heavy atom. The van der Waals surface area contributed by atoms with Crippen LogP contribution in [0, 0.1) is 4.77 Å². The van der Waals surface area contributed by atoms with Gasteiger partial charge >= 0.3 is 0 Å². The summed E-state index contributed by atoms with van der Waals surface area (Å²) in [5, 5.41) is 7.15. The number of rotatable bonds is 4. The Kier molecular flexibility index (Phi) is 3.89. The second-order valence-electron chi connectivity index (χ2n) is 4.53. The van der Waals surface area contributed by atoms with Crippen LogP contribution in [0.5, 0.6) is 0 Å². The minimum absolute atomic E-state index is 0.545. The maximum Gasteiger partial charge on any atom is 0.200 e. The zero-order chi connectivity index (χ0) is 14.7. The minimum Gasteiger partial charge on any atom is -0.380 e. The molecule has 0 radical (unpaired) electrons. The Morgan fingerprint density at radius 1 is 1.29 bits per heavy atom. The first-order valence-electron chi connectivity index (χ1n) is 6.45. The Bertz CT molecular complexity index is 795. The molecule has 0 atom stereocenters. The second kappa shape index (κ2) is 5.99. The van der Waals surface area contributed by atoms with Crippen LogP contribution in [0.4, 0.5) is 0 Å². The highest BCUT2D eigenvalue weighted by Gasteiger charge is 2.11. The van der Waals surface area contributed by atoms with Gasteiger partial charge in [0.2, 0.25) is 0 Å². The third-order valence-electron chi connectivity index (χ3n) is 3.07. The normalized spacial score (nSPS) is 10.7. The van der Waals surface area contributed by atoms with Gasteiger partial charge in [-0.1, -0.05) is 12.1 Å². The zero-order valence-corrected chi connectivity index (χ0v) is 12.3. The van der Waals surface area contributed by atoms with Crippen molar-refractivity contribution in [2.45, 2.75) is 6.61 Å². The summed E-state index contributed by atoms with van der Waals surface area (Å²) in [5.41, 5.74) is 2.93. The lowest BCUT2D eigenvalue weighted by Gasteiger charge is -2.08. The molecule has 0 amide bonds. The molecule has 2 aromatic heterocycles. The SMILES string of the molecule is COCc1cccc(-n2c(-c3cccnc3)n[nH]c2=S)c1. The molecule has 1 aromatic carbocycles. The van der Waals surface area contributed by atoms with E-state index in [4.69, 9.17) is 17.0 Å². The predicted molar refractivity (Wildman–Crippen MR) is 82.7 cm³/mol. The van der Waals surface area contributed by atoms with Gasteiger partial charge in [0.15, 0.2) is 10.6 Å². The minimum atomic E-state index is 0.545. The molecule has 1 N–H and O–H groups in total. The van der Waals surface area contributed by atoms with Crippen molar-refractivity contribution in [3.63, 3.8) is 0 Å². The highest BCUT2D eigenvalue weighted by molar-refractivity contribution is 7.71. The Labute approximate surface area is 127 Å². The monoisotopic (exact) mass is 298 g/mol. The lowest BCUT2D eigenvalue weighted by Crippen LogP contribution is -1.99. The number of aromatic nitrogens is 4. The Morgan fingerprint density at radius 2 is 2.19 bits per heavy atom. The molecule has 0 aliphatic heterocycles. The third-order valence-corrected chi connectivity index (χ3v) is 3.35. The van der Waals surface area contributed by atoms with Crippen molar-refractivity contribution in [1.82, 2.24) is 19.7 Å². The smallest absolute Gasteiger partial charge is 0.200 e. The van der Waals surface area contributed by atoms with Crippen molar-refractivity contribution in [1.29, 1.82) is 0 Å². The zero-order valence-electron chi connectivity index (χ0n) is 11.5. The maximum absolute atomic E-state index is 5.36. The molecule has 2 heterocycles. The molecule has 0 saturated carbocycles. The molecule has 5 nitrogen and oxygen atoms in total. The molecule has 3 rings (SSSR count). The first-order chi connectivity index (χ1) is 10.3. The molecule has 3 aromatic rings. The summed E-state index contributed by atoms with van der Waals surface area (Å²) in [6.07, 6.45) is 3.49. The van der Waals surface area contributed by atoms with Crippen molar-refractivity contribution < 1.29 is 4.74 Å². The second-order valence-corrected chi connectivity index (χ2v) is 4.92. The van der Waals surface area contributed by atoms with Gasteiger partial charge in [-0.05, 0) is 42.0 Å². The largest absolute Gasteiger partial charge is 0.380 e. The number of hydrogen-bond donors (Lipinski definition) is 1. The fourth-order valence-corrected chi connectivity index (χ4v) is 2.41. The number of pyridine rings is 1. The molecule has 21 heavy (non-hydrogen) atoms. The Hall–Kier alpha value is -2.31. The van der Waals surface area contributed by atoms with E-state index in [1.54, 1.807) is 19.5 Å². The van der Waals surface area contributed by atoms with Crippen LogP contribution in [0.1, 0.15) is 5.56 Å². The summed E-state index contributed by atoms with van der Waals surface area (Å²) < 4.78 is 7.62. The number of methoxy groups -OCH3 is 1. The van der Waals surface area contributed by atoms with Crippen molar-refractivity contribution >= 4 is 12.2 Å². The molecule has 106 valence electrons. The van der Waals surface area contributed by atoms with Gasteiger partial charge in [0.05, 0.1) is 12.3 Å². The molecule has 0 unspecified atom stereocenters. The summed E-state index contributed by atoms with van der Waals surface area (Å²) in [4.78, 5) is 4.13. The first-order valence-corrected chi connectivity index (χ1v) is 6.86. The predicted octanol–water partition coefficient (Wildman–Crippen LogP) is 3.14. The highest BCUT2D eigenvalue weighted by atomic mass is 32.1. The number of hydrogen-bond acceptors (Lipinski definition) is 4. The number of nitrogens with one attached hydrogen (secondary N) is 1. The van der Waals surface area contributed by atoms with E-state index in [2.05, 4.69) is 15.2 Å². The molecular formula is C15H14N4OS. The molecule has 0 saturated heterocycles. The van der Waals surface area contributed by atoms with E-state index in [0.29, 0.717) is 11.4 Å². The van der Waals surface area contributed by atoms with Gasteiger partial charge in [0.25, 0.3) is 0 Å². The van der Waals surface area contributed by atoms with Crippen LogP contribution in [-0.2, 0) is 11.3 Å². The van der Waals surface area contributed by atoms with Crippen LogP contribution in [0.3, 0.4) is 0 Å². The fourth-order valence-electron chi connectivity index (χ4n) is 2.18. The quantitative estimate of drug-likeness (QED) is 0.752. The maximum atomic E-state index is 5.36. The summed E-state index contributed by atoms with van der Waals surface area (Å²) in [6, 6.07) is 11.8. The first kappa shape index (κ1) is 13.7. The molecule has 6 heteroatoms. The van der Waals surface area contributed by atoms with Gasteiger partial charge in [-0.3, -0.25) is 14.6 Å². The number of benzene rings is 1. The summed E-state index contributed by atoms with van der Waals surface area (Å²) >= 11 is 5.36. The van der Waals surface area contributed by atoms with Crippen LogP contribution in [0.2, 0.25) is 0 Å². The lowest BCUT2D eigenvalue weighted by molar-refractivity contribution is 0.185. The van der Waals surface area contributed by atoms with Crippen LogP contribution < -0.4 is 0 Å². The van der Waals surface area contributed by atoms with E-state index in [-0.39, 0.29) is 0 Å². The van der Waals surface area contributed by atoms with E-state index >= 15 is 0 Å². The topological polar surface area (TPSA) is 55.7 Å². The van der Waals surface area contributed by atoms with Gasteiger partial charge in [-0.2, -0.15) is 5.10 Å². The third kappa shape index (κ3) is 2.76. The summed E-state index contributed by atoms with van der Waals surface area (Å²) in [5.74, 6) is 0.739. The molecule has 0 spiro atoms. The van der Waals surface area contributed by atoms with Crippen molar-refractivity contribution in [3.8, 4) is 17.1 Å². The van der Waals surface area contributed by atoms with Crippen LogP contribution >= 0.6 is 12.2 Å². The number of aromatic amines is 1. The average molecular weight is 298 g/mol.